The molecule has 0 aliphatic carbocycles. The Bertz CT molecular complexity index is 4400. The van der Waals surface area contributed by atoms with Gasteiger partial charge in [0.1, 0.15) is 29.0 Å². The molecular weight excluding hydrogens is 847 g/mol. The minimum atomic E-state index is -2.69. The van der Waals surface area contributed by atoms with E-state index in [4.69, 9.17) is 17.9 Å². The van der Waals surface area contributed by atoms with E-state index in [0.29, 0.717) is 17.0 Å². The first-order valence-electron chi connectivity index (χ1n) is 25.7. The van der Waals surface area contributed by atoms with Crippen LogP contribution in [0.2, 0.25) is 0 Å². The van der Waals surface area contributed by atoms with Gasteiger partial charge < -0.3 is 4.74 Å². The zero-order valence-corrected chi connectivity index (χ0v) is 36.7. The summed E-state index contributed by atoms with van der Waals surface area (Å²) in [5.74, 6) is 2.89. The highest BCUT2D eigenvalue weighted by molar-refractivity contribution is 6.11. The smallest absolute Gasteiger partial charge is 0.269 e. The summed E-state index contributed by atoms with van der Waals surface area (Å²) in [6, 6.07) is 69.2. The quantitative estimate of drug-likeness (QED) is 0.118. The van der Waals surface area contributed by atoms with Gasteiger partial charge in [-0.05, 0) is 104 Å². The number of nitrogens with zero attached hydrogens (tertiary/aromatic N) is 7. The molecule has 0 spiro atoms. The molecule has 0 saturated heterocycles. The molecule has 14 aromatic rings. The highest BCUT2D eigenvalue weighted by atomic mass is 16.5. The fraction of sp³-hybridized carbons (Fsp3) is 0.0328. The first kappa shape index (κ1) is 33.2. The lowest BCUT2D eigenvalue weighted by atomic mass is 10.1. The first-order valence-corrected chi connectivity index (χ1v) is 22.7. The predicted molar refractivity (Wildman–Crippen MR) is 278 cm³/mol. The first-order chi connectivity index (χ1) is 36.5. The van der Waals surface area contributed by atoms with Crippen LogP contribution in [0.15, 0.2) is 212 Å². The summed E-state index contributed by atoms with van der Waals surface area (Å²) in [6.45, 7) is -5.35. The Balaban J connectivity index is 0.910. The number of aryl methyl sites for hydroxylation is 2. The zero-order chi connectivity index (χ0) is 50.7. The number of fused-ring (bicyclic) bond motifs is 10. The van der Waals surface area contributed by atoms with E-state index in [2.05, 4.69) is 146 Å². The van der Waals surface area contributed by atoms with Gasteiger partial charge in [0.25, 0.3) is 6.33 Å². The van der Waals surface area contributed by atoms with Crippen molar-refractivity contribution in [2.45, 2.75) is 13.7 Å². The van der Waals surface area contributed by atoms with Crippen LogP contribution >= 0.6 is 0 Å². The number of ether oxygens (including phenoxy) is 1. The van der Waals surface area contributed by atoms with E-state index in [1.165, 1.54) is 6.07 Å². The number of hydrogen-bond acceptors (Lipinski definition) is 3. The summed E-state index contributed by atoms with van der Waals surface area (Å²) in [5, 5.41) is 6.37. The SMILES string of the molecule is [2H]C([2H])([2H])c1cnc(-n2c3ccccc3c3ccc(Oc4cccc(-n5[c-][n+](-c6cc(-n7c8ccccc8c8ccccc87)nc(-n7c8ccccc8c8ccccc87)c6)c6ccccc65)c4)cc32)cc1C([2H])([2H])[2H]. The van der Waals surface area contributed by atoms with Crippen LogP contribution in [0.1, 0.15) is 19.4 Å². The number of rotatable bonds is 7. The summed E-state index contributed by atoms with van der Waals surface area (Å²) in [7, 11) is 0. The molecule has 0 bridgehead atoms. The number of pyridine rings is 2. The van der Waals surface area contributed by atoms with Crippen molar-refractivity contribution in [1.82, 2.24) is 28.2 Å². The maximum atomic E-state index is 8.25. The van der Waals surface area contributed by atoms with Crippen molar-refractivity contribution in [1.29, 1.82) is 0 Å². The third-order valence-corrected chi connectivity index (χ3v) is 13.3. The lowest BCUT2D eigenvalue weighted by Gasteiger charge is -2.15. The Hall–Kier alpha value is -9.27. The van der Waals surface area contributed by atoms with E-state index in [9.17, 15) is 0 Å². The van der Waals surface area contributed by atoms with Crippen LogP contribution < -0.4 is 9.30 Å². The van der Waals surface area contributed by atoms with Crippen LogP contribution in [0.25, 0.3) is 105 Å². The monoisotopic (exact) mass is 893 g/mol. The molecule has 14 rings (SSSR count). The fourth-order valence-corrected chi connectivity index (χ4v) is 10.3. The summed E-state index contributed by atoms with van der Waals surface area (Å²) < 4.78 is 66.1. The lowest BCUT2D eigenvalue weighted by Crippen LogP contribution is -2.30. The molecule has 0 atom stereocenters. The maximum absolute atomic E-state index is 8.25. The van der Waals surface area contributed by atoms with Crippen molar-refractivity contribution in [3.63, 3.8) is 0 Å². The molecule has 69 heavy (non-hydrogen) atoms. The number of imidazole rings is 1. The molecule has 0 saturated carbocycles. The van der Waals surface area contributed by atoms with E-state index < -0.39 is 13.7 Å². The Morgan fingerprint density at radius 2 is 0.928 bits per heavy atom. The molecule has 0 amide bonds. The second kappa shape index (κ2) is 15.1. The molecule has 8 nitrogen and oxygen atoms in total. The number of aromatic nitrogens is 7. The lowest BCUT2D eigenvalue weighted by molar-refractivity contribution is -0.572. The molecule has 0 aliphatic rings. The van der Waals surface area contributed by atoms with Crippen molar-refractivity contribution in [3.8, 4) is 40.3 Å². The molecule has 0 N–H and O–H groups in total. The molecule has 0 unspecified atom stereocenters. The maximum Gasteiger partial charge on any atom is 0.269 e. The predicted octanol–water partition coefficient (Wildman–Crippen LogP) is 14.2. The summed E-state index contributed by atoms with van der Waals surface area (Å²) in [4.78, 5) is 10.1. The largest absolute Gasteiger partial charge is 0.458 e. The van der Waals surface area contributed by atoms with Crippen molar-refractivity contribution in [2.75, 3.05) is 0 Å². The van der Waals surface area contributed by atoms with E-state index in [1.807, 2.05) is 88.0 Å². The molecule has 8 aromatic carbocycles. The van der Waals surface area contributed by atoms with E-state index in [-0.39, 0.29) is 16.9 Å². The van der Waals surface area contributed by atoms with Crippen LogP contribution in [-0.2, 0) is 0 Å². The Labute approximate surface area is 404 Å². The van der Waals surface area contributed by atoms with Crippen LogP contribution in [0.5, 0.6) is 11.5 Å². The van der Waals surface area contributed by atoms with Crippen molar-refractivity contribution >= 4 is 76.5 Å². The molecule has 0 radical (unpaired) electrons. The fourth-order valence-electron chi connectivity index (χ4n) is 10.3. The van der Waals surface area contributed by atoms with Gasteiger partial charge in [-0.3, -0.25) is 22.8 Å². The van der Waals surface area contributed by atoms with Gasteiger partial charge in [-0.1, -0.05) is 121 Å². The van der Waals surface area contributed by atoms with Gasteiger partial charge in [-0.2, -0.15) is 0 Å². The normalized spacial score (nSPS) is 13.6. The minimum Gasteiger partial charge on any atom is -0.458 e. The topological polar surface area (TPSA) is 58.6 Å². The van der Waals surface area contributed by atoms with Crippen molar-refractivity contribution in [2.24, 2.45) is 0 Å². The van der Waals surface area contributed by atoms with E-state index in [0.717, 1.165) is 100 Å². The Morgan fingerprint density at radius 3 is 1.49 bits per heavy atom. The third kappa shape index (κ3) is 6.05. The van der Waals surface area contributed by atoms with Crippen LogP contribution in [0.4, 0.5) is 0 Å². The van der Waals surface area contributed by atoms with Crippen LogP contribution in [-0.4, -0.2) is 28.2 Å². The number of hydrogen-bond donors (Lipinski definition) is 0. The summed E-state index contributed by atoms with van der Waals surface area (Å²) >= 11 is 0. The zero-order valence-electron chi connectivity index (χ0n) is 42.7. The van der Waals surface area contributed by atoms with Crippen molar-refractivity contribution < 1.29 is 17.5 Å². The van der Waals surface area contributed by atoms with Gasteiger partial charge in [-0.15, -0.1) is 0 Å². The molecule has 6 aromatic heterocycles. The minimum absolute atomic E-state index is 0.269. The molecule has 0 aliphatic heterocycles. The van der Waals surface area contributed by atoms with Gasteiger partial charge in [0.05, 0.1) is 55.5 Å². The number of para-hydroxylation sites is 7. The standard InChI is InChI=1S/C61H41N7O/c1-39-32-59(62-37-40(39)2)68-55-27-12-7-22-49(55)50-31-30-44(36-58(50)68)69-43-17-15-16-41(33-43)64-38-65(57-29-14-13-28-56(57)64)42-34-60(66-51-23-8-3-18-45(51)46-19-4-9-24-52(46)66)63-61(35-42)67-53-25-10-5-20-47(53)48-21-6-11-26-54(48)67/h3-37H,1-2H3/i1D3,2D3. The highest BCUT2D eigenvalue weighted by Crippen LogP contribution is 2.38. The molecule has 326 valence electrons. The van der Waals surface area contributed by atoms with Crippen LogP contribution in [0.3, 0.4) is 0 Å². The van der Waals surface area contributed by atoms with Gasteiger partial charge in [0.2, 0.25) is 0 Å². The average Bonchev–Trinajstić information content (AvgIpc) is 4.21. The summed E-state index contributed by atoms with van der Waals surface area (Å²) in [6.07, 6.45) is 4.90. The molecular formula is C61H41N7O. The average molecular weight is 894 g/mol. The van der Waals surface area contributed by atoms with Gasteiger partial charge in [0.15, 0.2) is 0 Å². The van der Waals surface area contributed by atoms with Crippen LogP contribution in [0, 0.1) is 20.0 Å². The van der Waals surface area contributed by atoms with E-state index >= 15 is 0 Å². The summed E-state index contributed by atoms with van der Waals surface area (Å²) in [5.41, 5.74) is 8.63. The highest BCUT2D eigenvalue weighted by Gasteiger charge is 2.21. The molecule has 6 heterocycles. The second-order valence-electron chi connectivity index (χ2n) is 17.3. The van der Waals surface area contributed by atoms with Crippen molar-refractivity contribution in [3.05, 3.63) is 230 Å². The second-order valence-corrected chi connectivity index (χ2v) is 17.3. The van der Waals surface area contributed by atoms with Gasteiger partial charge in [0, 0.05) is 52.8 Å². The van der Waals surface area contributed by atoms with E-state index in [1.54, 1.807) is 0 Å². The Kier molecular flexibility index (Phi) is 7.29. The van der Waals surface area contributed by atoms with Gasteiger partial charge >= 0.3 is 0 Å². The number of benzene rings is 8. The van der Waals surface area contributed by atoms with Gasteiger partial charge in [-0.25, -0.2) is 9.97 Å². The molecule has 8 heteroatoms. The Morgan fingerprint density at radius 1 is 0.435 bits per heavy atom. The molecule has 0 fully saturated rings. The third-order valence-electron chi connectivity index (χ3n) is 13.3.